The van der Waals surface area contributed by atoms with Gasteiger partial charge in [-0.3, -0.25) is 0 Å². The van der Waals surface area contributed by atoms with Crippen LogP contribution in [0.25, 0.3) is 0 Å². The van der Waals surface area contributed by atoms with Crippen molar-refractivity contribution >= 4 is 25.0 Å². The quantitative estimate of drug-likeness (QED) is 0.390. The van der Waals surface area contributed by atoms with Gasteiger partial charge in [0.1, 0.15) is 13.1 Å². The maximum atomic E-state index is 9.75. The number of halogens is 4. The molecule has 0 spiro atoms. The van der Waals surface area contributed by atoms with Gasteiger partial charge in [-0.25, -0.2) is 9.48 Å². The first kappa shape index (κ1) is 23.2. The van der Waals surface area contributed by atoms with Crippen molar-refractivity contribution in [3.63, 3.8) is 0 Å². The summed E-state index contributed by atoms with van der Waals surface area (Å²) in [7, 11) is 0.648. The average molecular weight is 430 g/mol. The second-order valence-electron chi connectivity index (χ2n) is 6.02. The minimum absolute atomic E-state index is 0.768. The molecule has 11 heteroatoms. The molecule has 0 aliphatic carbocycles. The molecule has 6 nitrogen and oxygen atoms in total. The molecule has 2 aromatic carbocycles. The van der Waals surface area contributed by atoms with Crippen LogP contribution >= 0.6 is 0 Å². The summed E-state index contributed by atoms with van der Waals surface area (Å²) < 4.78 is 63.2. The number of para-hydroxylation sites is 2. The zero-order valence-corrected chi connectivity index (χ0v) is 17.1. The number of methoxy groups -OCH3 is 4. The van der Waals surface area contributed by atoms with Crippen molar-refractivity contribution in [2.45, 2.75) is 0 Å². The van der Waals surface area contributed by atoms with Crippen LogP contribution in [-0.4, -0.2) is 59.7 Å². The maximum Gasteiger partial charge on any atom is 0.673 e. The third kappa shape index (κ3) is 5.71. The van der Waals surface area contributed by atoms with Crippen molar-refractivity contribution in [1.29, 1.82) is 0 Å². The Balaban J connectivity index is 0.000000575. The molecule has 0 saturated heterocycles. The summed E-state index contributed by atoms with van der Waals surface area (Å²) in [5.41, 5.74) is 1.81. The smallest absolute Gasteiger partial charge is 0.492 e. The summed E-state index contributed by atoms with van der Waals surface area (Å²) >= 11 is 0. The highest BCUT2D eigenvalue weighted by Crippen LogP contribution is 2.40. The monoisotopic (exact) mass is 430 g/mol. The molecule has 1 heterocycles. The van der Waals surface area contributed by atoms with Gasteiger partial charge >= 0.3 is 7.25 Å². The molecule has 30 heavy (non-hydrogen) atoms. The van der Waals surface area contributed by atoms with Crippen LogP contribution in [0.3, 0.4) is 0 Å². The van der Waals surface area contributed by atoms with E-state index in [0.29, 0.717) is 0 Å². The summed E-state index contributed by atoms with van der Waals surface area (Å²) in [6.07, 6.45) is 2.03. The van der Waals surface area contributed by atoms with Crippen molar-refractivity contribution < 1.29 is 40.8 Å². The van der Waals surface area contributed by atoms with Crippen LogP contribution in [0.2, 0.25) is 0 Å². The minimum atomic E-state index is -6.00. The fourth-order valence-electron chi connectivity index (χ4n) is 3.07. The Morgan fingerprint density at radius 3 is 1.57 bits per heavy atom. The number of rotatable bonds is 6. The van der Waals surface area contributed by atoms with Crippen LogP contribution in [-0.2, 0) is 0 Å². The Kier molecular flexibility index (Phi) is 7.79. The van der Waals surface area contributed by atoms with E-state index in [1.165, 1.54) is 0 Å². The minimum Gasteiger partial charge on any atom is -0.492 e. The van der Waals surface area contributed by atoms with Gasteiger partial charge in [0.25, 0.3) is 0 Å². The Hall–Kier alpha value is -3.11. The summed E-state index contributed by atoms with van der Waals surface area (Å²) in [6.45, 7) is 1.58. The van der Waals surface area contributed by atoms with Gasteiger partial charge in [0.15, 0.2) is 23.0 Å². The highest BCUT2D eigenvalue weighted by atomic mass is 19.5. The van der Waals surface area contributed by atoms with E-state index in [2.05, 4.69) is 9.48 Å². The van der Waals surface area contributed by atoms with Gasteiger partial charge in [0, 0.05) is 0 Å². The second-order valence-corrected chi connectivity index (χ2v) is 6.02. The lowest BCUT2D eigenvalue weighted by atomic mass is 10.2. The van der Waals surface area contributed by atoms with E-state index in [0.717, 1.165) is 47.5 Å². The van der Waals surface area contributed by atoms with Crippen LogP contribution in [0.1, 0.15) is 0 Å². The van der Waals surface area contributed by atoms with Gasteiger partial charge in [0.05, 0.1) is 28.4 Å². The van der Waals surface area contributed by atoms with Crippen LogP contribution in [0.15, 0.2) is 36.4 Å². The van der Waals surface area contributed by atoms with E-state index in [-0.39, 0.29) is 0 Å². The van der Waals surface area contributed by atoms with E-state index in [4.69, 9.17) is 18.9 Å². The number of hydrogen-bond donors (Lipinski definition) is 0. The molecule has 0 aromatic heterocycles. The first-order chi connectivity index (χ1) is 14.2. The molecular weight excluding hydrogens is 407 g/mol. The third-order valence-electron chi connectivity index (χ3n) is 4.24. The van der Waals surface area contributed by atoms with Crippen molar-refractivity contribution in [2.24, 2.45) is 0 Å². The number of nitrogens with zero attached hydrogens (tertiary/aromatic N) is 2. The fourth-order valence-corrected chi connectivity index (χ4v) is 3.07. The average Bonchev–Trinajstić information content (AvgIpc) is 3.20. The molecular formula is C19H23BF4N2O4. The SMILES string of the molecule is COc1cccc(OC)c1N1C=[N+](c2c(OC)cccc2OC)CC1.F[B-](F)(F)F. The molecule has 0 amide bonds. The lowest BCUT2D eigenvalue weighted by Crippen LogP contribution is -2.19. The summed E-state index contributed by atoms with van der Waals surface area (Å²) in [4.78, 5) is 2.11. The molecule has 0 radical (unpaired) electrons. The summed E-state index contributed by atoms with van der Waals surface area (Å²) in [5, 5.41) is 0. The molecule has 164 valence electrons. The highest BCUT2D eigenvalue weighted by molar-refractivity contribution is 6.50. The molecule has 0 bridgehead atoms. The summed E-state index contributed by atoms with van der Waals surface area (Å²) in [6, 6.07) is 11.5. The predicted molar refractivity (Wildman–Crippen MR) is 107 cm³/mol. The molecule has 0 saturated carbocycles. The molecule has 0 N–H and O–H groups in total. The number of hydrogen-bond acceptors (Lipinski definition) is 5. The maximum absolute atomic E-state index is 9.75. The van der Waals surface area contributed by atoms with E-state index < -0.39 is 7.25 Å². The van der Waals surface area contributed by atoms with Crippen molar-refractivity contribution in [3.05, 3.63) is 36.4 Å². The zero-order valence-electron chi connectivity index (χ0n) is 17.1. The Morgan fingerprint density at radius 2 is 1.17 bits per heavy atom. The molecule has 3 rings (SSSR count). The molecule has 2 aromatic rings. The third-order valence-corrected chi connectivity index (χ3v) is 4.24. The van der Waals surface area contributed by atoms with E-state index >= 15 is 0 Å². The van der Waals surface area contributed by atoms with Gasteiger partial charge in [-0.15, -0.1) is 0 Å². The number of ether oxygens (including phenoxy) is 4. The van der Waals surface area contributed by atoms with Crippen LogP contribution in [0, 0.1) is 0 Å². The van der Waals surface area contributed by atoms with Gasteiger partial charge in [-0.1, -0.05) is 12.1 Å². The van der Waals surface area contributed by atoms with E-state index in [1.807, 2.05) is 42.7 Å². The van der Waals surface area contributed by atoms with Crippen molar-refractivity contribution in [3.8, 4) is 23.0 Å². The normalized spacial score (nSPS) is 13.2. The number of anilines is 1. The zero-order chi connectivity index (χ0) is 22.3. The fraction of sp³-hybridized carbons (Fsp3) is 0.316. The first-order valence-corrected chi connectivity index (χ1v) is 8.91. The molecule has 1 aliphatic heterocycles. The standard InChI is InChI=1S/C19H23N2O4.BF4/c1-22-14-7-5-8-15(23-2)18(14)20-11-12-21(13-20)19-16(24-3)9-6-10-17(19)25-4;2-1(3,4)5/h5-10,13H,11-12H2,1-4H3;/q+1;-1. The topological polar surface area (TPSA) is 43.2 Å². The van der Waals surface area contributed by atoms with Gasteiger partial charge < -0.3 is 36.2 Å². The Bertz CT molecular complexity index is 843. The molecule has 0 fully saturated rings. The van der Waals surface area contributed by atoms with E-state index in [1.54, 1.807) is 28.4 Å². The van der Waals surface area contributed by atoms with Crippen molar-refractivity contribution in [1.82, 2.24) is 0 Å². The van der Waals surface area contributed by atoms with Gasteiger partial charge in [-0.2, -0.15) is 0 Å². The summed E-state index contributed by atoms with van der Waals surface area (Å²) in [5.74, 6) is 3.07. The highest BCUT2D eigenvalue weighted by Gasteiger charge is 2.31. The van der Waals surface area contributed by atoms with Crippen LogP contribution < -0.4 is 23.8 Å². The second kappa shape index (κ2) is 10.1. The van der Waals surface area contributed by atoms with Gasteiger partial charge in [-0.05, 0) is 24.3 Å². The lowest BCUT2D eigenvalue weighted by molar-refractivity contribution is -0.425. The predicted octanol–water partition coefficient (Wildman–Crippen LogP) is 4.21. The first-order valence-electron chi connectivity index (χ1n) is 8.91. The molecule has 0 unspecified atom stereocenters. The molecule has 0 atom stereocenters. The van der Waals surface area contributed by atoms with E-state index in [9.17, 15) is 17.3 Å². The Labute approximate surface area is 172 Å². The number of benzene rings is 2. The van der Waals surface area contributed by atoms with Crippen molar-refractivity contribution in [2.75, 3.05) is 46.4 Å². The largest absolute Gasteiger partial charge is 0.673 e. The van der Waals surface area contributed by atoms with Crippen LogP contribution in [0.5, 0.6) is 23.0 Å². The lowest BCUT2D eigenvalue weighted by Gasteiger charge is -2.14. The van der Waals surface area contributed by atoms with Gasteiger partial charge in [0.2, 0.25) is 17.7 Å². The molecule has 1 aliphatic rings. The van der Waals surface area contributed by atoms with Crippen LogP contribution in [0.4, 0.5) is 28.6 Å². The Morgan fingerprint density at radius 1 is 0.767 bits per heavy atom.